The maximum absolute atomic E-state index is 5.59. The summed E-state index contributed by atoms with van der Waals surface area (Å²) in [5.74, 6) is 1.41. The van der Waals surface area contributed by atoms with Gasteiger partial charge in [0.25, 0.3) is 0 Å². The first kappa shape index (κ1) is 24.8. The van der Waals surface area contributed by atoms with E-state index in [2.05, 4.69) is 39.8 Å². The molecule has 1 saturated carbocycles. The van der Waals surface area contributed by atoms with Crippen LogP contribution in [0.2, 0.25) is 0 Å². The molecule has 1 aromatic rings. The third-order valence-electron chi connectivity index (χ3n) is 6.01. The molecule has 0 atom stereocenters. The van der Waals surface area contributed by atoms with Crippen molar-refractivity contribution in [2.75, 3.05) is 46.4 Å². The number of hydrogen-bond acceptors (Lipinski definition) is 5. The Balaban J connectivity index is 0.00000300. The summed E-state index contributed by atoms with van der Waals surface area (Å²) >= 11 is 1.77. The predicted molar refractivity (Wildman–Crippen MR) is 133 cm³/mol. The Morgan fingerprint density at radius 3 is 2.59 bits per heavy atom. The Bertz CT molecular complexity index is 624. The first-order chi connectivity index (χ1) is 13.6. The molecule has 2 fully saturated rings. The Hall–Kier alpha value is -0.450. The number of nitrogens with zero attached hydrogens (tertiary/aromatic N) is 3. The molecule has 0 spiro atoms. The predicted octanol–water partition coefficient (Wildman–Crippen LogP) is 3.63. The van der Waals surface area contributed by atoms with Crippen LogP contribution in [0.1, 0.15) is 62.6 Å². The summed E-state index contributed by atoms with van der Waals surface area (Å²) in [4.78, 5) is 11.8. The fourth-order valence-electron chi connectivity index (χ4n) is 4.33. The summed E-state index contributed by atoms with van der Waals surface area (Å²) in [5.41, 5.74) is 1.43. The molecule has 1 aromatic heterocycles. The minimum Gasteiger partial charge on any atom is -0.379 e. The van der Waals surface area contributed by atoms with Crippen LogP contribution in [0.3, 0.4) is 0 Å². The van der Waals surface area contributed by atoms with Crippen LogP contribution in [0.15, 0.2) is 10.4 Å². The second-order valence-corrected chi connectivity index (χ2v) is 9.21. The molecule has 2 N–H and O–H groups in total. The van der Waals surface area contributed by atoms with E-state index in [4.69, 9.17) is 9.72 Å². The van der Waals surface area contributed by atoms with Crippen LogP contribution in [-0.4, -0.2) is 67.8 Å². The SMILES string of the molecule is CN=C(NCCc1csc(C(C)C)n1)NCC1(N2CCOCC2)CCCCC1.I. The van der Waals surface area contributed by atoms with Crippen LogP contribution < -0.4 is 10.6 Å². The smallest absolute Gasteiger partial charge is 0.191 e. The van der Waals surface area contributed by atoms with Crippen LogP contribution in [0.25, 0.3) is 0 Å². The lowest BCUT2D eigenvalue weighted by molar-refractivity contribution is -0.0352. The molecule has 1 saturated heterocycles. The number of halogens is 1. The Kier molecular flexibility index (Phi) is 10.6. The van der Waals surface area contributed by atoms with Crippen molar-refractivity contribution in [1.82, 2.24) is 20.5 Å². The van der Waals surface area contributed by atoms with Gasteiger partial charge in [-0.3, -0.25) is 9.89 Å². The van der Waals surface area contributed by atoms with Crippen molar-refractivity contribution in [3.8, 4) is 0 Å². The third-order valence-corrected chi connectivity index (χ3v) is 7.21. The van der Waals surface area contributed by atoms with Gasteiger partial charge in [-0.15, -0.1) is 35.3 Å². The topological polar surface area (TPSA) is 61.8 Å². The minimum atomic E-state index is 0. The average Bonchev–Trinajstić information content (AvgIpc) is 3.21. The van der Waals surface area contributed by atoms with E-state index < -0.39 is 0 Å². The van der Waals surface area contributed by atoms with E-state index >= 15 is 0 Å². The van der Waals surface area contributed by atoms with E-state index in [1.165, 1.54) is 42.8 Å². The minimum absolute atomic E-state index is 0. The van der Waals surface area contributed by atoms with Crippen molar-refractivity contribution in [1.29, 1.82) is 0 Å². The van der Waals surface area contributed by atoms with E-state index in [9.17, 15) is 0 Å². The fraction of sp³-hybridized carbons (Fsp3) is 0.810. The standard InChI is InChI=1S/C21H37N5OS.HI/c1-17(2)19-25-18(15-28-19)7-10-23-20(22-3)24-16-21(8-5-4-6-9-21)26-11-13-27-14-12-26;/h15,17H,4-14,16H2,1-3H3,(H2,22,23,24);1H. The maximum Gasteiger partial charge on any atom is 0.191 e. The number of hydrogen-bond donors (Lipinski definition) is 2. The Morgan fingerprint density at radius 1 is 1.24 bits per heavy atom. The molecule has 166 valence electrons. The molecule has 6 nitrogen and oxygen atoms in total. The van der Waals surface area contributed by atoms with E-state index in [-0.39, 0.29) is 29.5 Å². The largest absolute Gasteiger partial charge is 0.379 e. The monoisotopic (exact) mass is 535 g/mol. The molecule has 2 heterocycles. The van der Waals surface area contributed by atoms with Gasteiger partial charge in [-0.2, -0.15) is 0 Å². The summed E-state index contributed by atoms with van der Waals surface area (Å²) in [6.07, 6.45) is 7.49. The van der Waals surface area contributed by atoms with Gasteiger partial charge in [-0.1, -0.05) is 33.1 Å². The lowest BCUT2D eigenvalue weighted by Crippen LogP contribution is -2.60. The fourth-order valence-corrected chi connectivity index (χ4v) is 5.20. The number of ether oxygens (including phenoxy) is 1. The molecule has 8 heteroatoms. The quantitative estimate of drug-likeness (QED) is 0.317. The zero-order valence-corrected chi connectivity index (χ0v) is 21.4. The highest BCUT2D eigenvalue weighted by atomic mass is 127. The van der Waals surface area contributed by atoms with Crippen LogP contribution in [0.5, 0.6) is 0 Å². The summed E-state index contributed by atoms with van der Waals surface area (Å²) in [6, 6.07) is 0. The number of aliphatic imine (C=N–C) groups is 1. The van der Waals surface area contributed by atoms with E-state index in [0.717, 1.165) is 51.8 Å². The van der Waals surface area contributed by atoms with Crippen LogP contribution in [0.4, 0.5) is 0 Å². The van der Waals surface area contributed by atoms with Gasteiger partial charge in [0.2, 0.25) is 0 Å². The second kappa shape index (κ2) is 12.4. The molecule has 0 unspecified atom stereocenters. The van der Waals surface area contributed by atoms with Crippen molar-refractivity contribution >= 4 is 41.3 Å². The lowest BCUT2D eigenvalue weighted by atomic mass is 9.80. The van der Waals surface area contributed by atoms with Gasteiger partial charge < -0.3 is 15.4 Å². The number of nitrogens with one attached hydrogen (secondary N) is 2. The van der Waals surface area contributed by atoms with Gasteiger partial charge in [0, 0.05) is 56.5 Å². The molecule has 2 aliphatic rings. The number of aromatic nitrogens is 1. The molecule has 0 radical (unpaired) electrons. The van der Waals surface area contributed by atoms with E-state index in [1.807, 2.05) is 7.05 Å². The zero-order valence-electron chi connectivity index (χ0n) is 18.2. The van der Waals surface area contributed by atoms with E-state index in [1.54, 1.807) is 11.3 Å². The third kappa shape index (κ3) is 7.04. The Labute approximate surface area is 197 Å². The second-order valence-electron chi connectivity index (χ2n) is 8.32. The van der Waals surface area contributed by atoms with Crippen LogP contribution in [-0.2, 0) is 11.2 Å². The number of thiazole rings is 1. The molecule has 0 amide bonds. The molecule has 3 rings (SSSR count). The highest BCUT2D eigenvalue weighted by Gasteiger charge is 2.38. The van der Waals surface area contributed by atoms with Gasteiger partial charge >= 0.3 is 0 Å². The van der Waals surface area contributed by atoms with Gasteiger partial charge in [0.05, 0.1) is 23.9 Å². The summed E-state index contributed by atoms with van der Waals surface area (Å²) < 4.78 is 5.59. The molecular formula is C21H38IN5OS. The maximum atomic E-state index is 5.59. The normalized spacial score (nSPS) is 20.3. The number of rotatable bonds is 7. The zero-order chi connectivity index (χ0) is 19.8. The Morgan fingerprint density at radius 2 is 1.97 bits per heavy atom. The molecule has 0 bridgehead atoms. The van der Waals surface area contributed by atoms with Crippen LogP contribution in [0, 0.1) is 0 Å². The molecular weight excluding hydrogens is 497 g/mol. The van der Waals surface area contributed by atoms with Crippen molar-refractivity contribution in [2.24, 2.45) is 4.99 Å². The van der Waals surface area contributed by atoms with Crippen LogP contribution >= 0.6 is 35.3 Å². The molecule has 1 aliphatic heterocycles. The van der Waals surface area contributed by atoms with Crippen molar-refractivity contribution < 1.29 is 4.74 Å². The van der Waals surface area contributed by atoms with Crippen molar-refractivity contribution in [3.63, 3.8) is 0 Å². The summed E-state index contributed by atoms with van der Waals surface area (Å²) in [6.45, 7) is 10.0. The average molecular weight is 536 g/mol. The molecule has 1 aliphatic carbocycles. The van der Waals surface area contributed by atoms with E-state index in [0.29, 0.717) is 5.92 Å². The number of guanidine groups is 1. The summed E-state index contributed by atoms with van der Waals surface area (Å²) in [7, 11) is 1.86. The first-order valence-corrected chi connectivity index (χ1v) is 11.7. The number of morpholine rings is 1. The highest BCUT2D eigenvalue weighted by molar-refractivity contribution is 14.0. The van der Waals surface area contributed by atoms with Gasteiger partial charge in [0.1, 0.15) is 0 Å². The van der Waals surface area contributed by atoms with Crippen molar-refractivity contribution in [3.05, 3.63) is 16.1 Å². The molecule has 29 heavy (non-hydrogen) atoms. The van der Waals surface area contributed by atoms with Gasteiger partial charge in [0.15, 0.2) is 5.96 Å². The van der Waals surface area contributed by atoms with Gasteiger partial charge in [-0.05, 0) is 12.8 Å². The lowest BCUT2D eigenvalue weighted by Gasteiger charge is -2.48. The first-order valence-electron chi connectivity index (χ1n) is 10.8. The van der Waals surface area contributed by atoms with Crippen molar-refractivity contribution in [2.45, 2.75) is 63.8 Å². The highest BCUT2D eigenvalue weighted by Crippen LogP contribution is 2.33. The molecule has 0 aromatic carbocycles. The van der Waals surface area contributed by atoms with Gasteiger partial charge in [-0.25, -0.2) is 4.98 Å². The summed E-state index contributed by atoms with van der Waals surface area (Å²) in [5, 5.41) is 10.5.